The van der Waals surface area contributed by atoms with Crippen molar-refractivity contribution in [2.45, 2.75) is 50.6 Å². The lowest BCUT2D eigenvalue weighted by Gasteiger charge is -2.44. The zero-order chi connectivity index (χ0) is 13.5. The average Bonchev–Trinajstić information content (AvgIpc) is 2.92. The fourth-order valence-corrected chi connectivity index (χ4v) is 5.11. The highest BCUT2D eigenvalue weighted by Gasteiger charge is 2.31. The third-order valence-electron chi connectivity index (χ3n) is 5.09. The SMILES string of the molecule is NC1CCCc2sc(N3CCN4CCCCC4C3)nc21. The van der Waals surface area contributed by atoms with Crippen molar-refractivity contribution in [3.8, 4) is 0 Å². The highest BCUT2D eigenvalue weighted by atomic mass is 32.1. The molecule has 2 unspecified atom stereocenters. The van der Waals surface area contributed by atoms with Crippen molar-refractivity contribution in [2.24, 2.45) is 5.73 Å². The van der Waals surface area contributed by atoms with Crippen molar-refractivity contribution in [3.05, 3.63) is 10.6 Å². The molecule has 0 radical (unpaired) electrons. The Morgan fingerprint density at radius 2 is 2.05 bits per heavy atom. The molecule has 0 bridgehead atoms. The molecule has 2 atom stereocenters. The van der Waals surface area contributed by atoms with Gasteiger partial charge in [0.15, 0.2) is 5.13 Å². The Kier molecular flexibility index (Phi) is 3.44. The van der Waals surface area contributed by atoms with Gasteiger partial charge in [-0.3, -0.25) is 4.90 Å². The molecule has 0 spiro atoms. The summed E-state index contributed by atoms with van der Waals surface area (Å²) in [6.07, 6.45) is 7.66. The van der Waals surface area contributed by atoms with Crippen LogP contribution in [0.5, 0.6) is 0 Å². The van der Waals surface area contributed by atoms with Crippen molar-refractivity contribution in [2.75, 3.05) is 31.1 Å². The topological polar surface area (TPSA) is 45.4 Å². The van der Waals surface area contributed by atoms with E-state index >= 15 is 0 Å². The molecule has 2 aliphatic heterocycles. The Balaban J connectivity index is 1.53. The van der Waals surface area contributed by atoms with Crippen molar-refractivity contribution < 1.29 is 0 Å². The van der Waals surface area contributed by atoms with Gasteiger partial charge in [-0.1, -0.05) is 6.42 Å². The van der Waals surface area contributed by atoms with Crippen LogP contribution in [0.2, 0.25) is 0 Å². The minimum Gasteiger partial charge on any atom is -0.345 e. The standard InChI is InChI=1S/C15H24N4S/c16-12-5-3-6-13-14(12)17-15(20-13)19-9-8-18-7-2-1-4-11(18)10-19/h11-12H,1-10,16H2. The molecule has 2 fully saturated rings. The number of anilines is 1. The monoisotopic (exact) mass is 292 g/mol. The quantitative estimate of drug-likeness (QED) is 0.861. The summed E-state index contributed by atoms with van der Waals surface area (Å²) < 4.78 is 0. The van der Waals surface area contributed by atoms with E-state index in [0.717, 1.165) is 19.0 Å². The predicted molar refractivity (Wildman–Crippen MR) is 83.4 cm³/mol. The van der Waals surface area contributed by atoms with Crippen molar-refractivity contribution in [1.29, 1.82) is 0 Å². The van der Waals surface area contributed by atoms with Gasteiger partial charge in [0, 0.05) is 36.6 Å². The number of nitrogens with two attached hydrogens (primary N) is 1. The molecular weight excluding hydrogens is 268 g/mol. The highest BCUT2D eigenvalue weighted by Crippen LogP contribution is 2.36. The maximum absolute atomic E-state index is 6.21. The van der Waals surface area contributed by atoms with Crippen LogP contribution in [0.25, 0.3) is 0 Å². The van der Waals surface area contributed by atoms with Gasteiger partial charge in [0.05, 0.1) is 5.69 Å². The van der Waals surface area contributed by atoms with Gasteiger partial charge < -0.3 is 10.6 Å². The molecule has 1 aromatic rings. The number of hydrogen-bond donors (Lipinski definition) is 1. The minimum atomic E-state index is 0.180. The van der Waals surface area contributed by atoms with Gasteiger partial charge in [0.25, 0.3) is 0 Å². The van der Waals surface area contributed by atoms with Crippen LogP contribution in [0.4, 0.5) is 5.13 Å². The number of thiazole rings is 1. The summed E-state index contributed by atoms with van der Waals surface area (Å²) in [5.41, 5.74) is 7.41. The number of rotatable bonds is 1. The lowest BCUT2D eigenvalue weighted by atomic mass is 9.99. The van der Waals surface area contributed by atoms with E-state index in [9.17, 15) is 0 Å². The van der Waals surface area contributed by atoms with Crippen LogP contribution in [-0.4, -0.2) is 42.1 Å². The van der Waals surface area contributed by atoms with E-state index in [1.165, 1.54) is 67.4 Å². The van der Waals surface area contributed by atoms with Crippen LogP contribution in [0, 0.1) is 0 Å². The second-order valence-electron chi connectivity index (χ2n) is 6.44. The number of nitrogens with zero attached hydrogens (tertiary/aromatic N) is 3. The molecule has 0 amide bonds. The fraction of sp³-hybridized carbons (Fsp3) is 0.800. The lowest BCUT2D eigenvalue weighted by Crippen LogP contribution is -2.54. The lowest BCUT2D eigenvalue weighted by molar-refractivity contribution is 0.133. The van der Waals surface area contributed by atoms with E-state index in [-0.39, 0.29) is 6.04 Å². The summed E-state index contributed by atoms with van der Waals surface area (Å²) in [4.78, 5) is 11.5. The number of piperidine rings is 1. The summed E-state index contributed by atoms with van der Waals surface area (Å²) in [5, 5.41) is 1.23. The Labute approximate surface area is 125 Å². The first kappa shape index (κ1) is 13.0. The first-order chi connectivity index (χ1) is 9.81. The molecule has 5 heteroatoms. The molecular formula is C15H24N4S. The number of aryl methyl sites for hydroxylation is 1. The zero-order valence-corrected chi connectivity index (χ0v) is 12.9. The molecule has 2 N–H and O–H groups in total. The Morgan fingerprint density at radius 1 is 1.10 bits per heavy atom. The van der Waals surface area contributed by atoms with E-state index in [1.54, 1.807) is 0 Å². The molecule has 4 rings (SSSR count). The molecule has 3 heterocycles. The molecule has 0 saturated carbocycles. The summed E-state index contributed by atoms with van der Waals surface area (Å²) in [7, 11) is 0. The van der Waals surface area contributed by atoms with Crippen LogP contribution >= 0.6 is 11.3 Å². The summed E-state index contributed by atoms with van der Waals surface area (Å²) >= 11 is 1.90. The second kappa shape index (κ2) is 5.28. The van der Waals surface area contributed by atoms with Crippen molar-refractivity contribution >= 4 is 16.5 Å². The van der Waals surface area contributed by atoms with Crippen LogP contribution < -0.4 is 10.6 Å². The van der Waals surface area contributed by atoms with Crippen LogP contribution in [0.1, 0.15) is 48.7 Å². The van der Waals surface area contributed by atoms with E-state index in [1.807, 2.05) is 11.3 Å². The van der Waals surface area contributed by atoms with E-state index in [4.69, 9.17) is 10.7 Å². The Bertz CT molecular complexity index is 486. The van der Waals surface area contributed by atoms with Crippen LogP contribution in [0.15, 0.2) is 0 Å². The Hall–Kier alpha value is -0.650. The molecule has 1 aliphatic carbocycles. The Morgan fingerprint density at radius 3 is 2.95 bits per heavy atom. The minimum absolute atomic E-state index is 0.180. The van der Waals surface area contributed by atoms with Crippen LogP contribution in [0.3, 0.4) is 0 Å². The summed E-state index contributed by atoms with van der Waals surface area (Å²) in [6.45, 7) is 4.82. The molecule has 3 aliphatic rings. The fourth-order valence-electron chi connectivity index (χ4n) is 3.90. The van der Waals surface area contributed by atoms with Crippen molar-refractivity contribution in [1.82, 2.24) is 9.88 Å². The first-order valence-electron chi connectivity index (χ1n) is 8.05. The predicted octanol–water partition coefficient (Wildman–Crippen LogP) is 2.15. The normalized spacial score (nSPS) is 30.9. The maximum Gasteiger partial charge on any atom is 0.185 e. The number of piperazine rings is 1. The van der Waals surface area contributed by atoms with Gasteiger partial charge in [0.2, 0.25) is 0 Å². The average molecular weight is 292 g/mol. The van der Waals surface area contributed by atoms with Crippen LogP contribution in [-0.2, 0) is 6.42 Å². The second-order valence-corrected chi connectivity index (χ2v) is 7.50. The van der Waals surface area contributed by atoms with Crippen molar-refractivity contribution in [3.63, 3.8) is 0 Å². The van der Waals surface area contributed by atoms with Gasteiger partial charge in [-0.25, -0.2) is 4.98 Å². The molecule has 4 nitrogen and oxygen atoms in total. The molecule has 110 valence electrons. The van der Waals surface area contributed by atoms with Gasteiger partial charge in [-0.2, -0.15) is 0 Å². The van der Waals surface area contributed by atoms with E-state index < -0.39 is 0 Å². The third kappa shape index (κ3) is 2.26. The highest BCUT2D eigenvalue weighted by molar-refractivity contribution is 7.15. The molecule has 20 heavy (non-hydrogen) atoms. The smallest absolute Gasteiger partial charge is 0.185 e. The molecule has 0 aromatic carbocycles. The van der Waals surface area contributed by atoms with Gasteiger partial charge >= 0.3 is 0 Å². The van der Waals surface area contributed by atoms with Gasteiger partial charge in [-0.05, 0) is 38.6 Å². The number of fused-ring (bicyclic) bond motifs is 2. The molecule has 2 saturated heterocycles. The van der Waals surface area contributed by atoms with E-state index in [0.29, 0.717) is 0 Å². The van der Waals surface area contributed by atoms with Gasteiger partial charge in [0.1, 0.15) is 0 Å². The number of hydrogen-bond acceptors (Lipinski definition) is 5. The summed E-state index contributed by atoms with van der Waals surface area (Å²) in [5.74, 6) is 0. The largest absolute Gasteiger partial charge is 0.345 e. The summed E-state index contributed by atoms with van der Waals surface area (Å²) in [6, 6.07) is 0.937. The van der Waals surface area contributed by atoms with Gasteiger partial charge in [-0.15, -0.1) is 11.3 Å². The molecule has 1 aromatic heterocycles. The third-order valence-corrected chi connectivity index (χ3v) is 6.29. The first-order valence-corrected chi connectivity index (χ1v) is 8.87. The maximum atomic E-state index is 6.21. The van der Waals surface area contributed by atoms with E-state index in [2.05, 4.69) is 9.80 Å². The zero-order valence-electron chi connectivity index (χ0n) is 12.1. The number of aromatic nitrogens is 1.